The van der Waals surface area contributed by atoms with Gasteiger partial charge in [0.1, 0.15) is 11.6 Å². The highest BCUT2D eigenvalue weighted by molar-refractivity contribution is 5.92. The number of benzene rings is 2. The fourth-order valence-corrected chi connectivity index (χ4v) is 2.06. The lowest BCUT2D eigenvalue weighted by atomic mass is 10.1. The van der Waals surface area contributed by atoms with Crippen LogP contribution in [0.4, 0.5) is 4.39 Å². The second-order valence-corrected chi connectivity index (χ2v) is 4.60. The number of hydrogen-bond donors (Lipinski definition) is 1. The lowest BCUT2D eigenvalue weighted by molar-refractivity contribution is 0.0727. The highest BCUT2D eigenvalue weighted by atomic mass is 19.1. The van der Waals surface area contributed by atoms with Gasteiger partial charge in [0.05, 0.1) is 11.8 Å². The van der Waals surface area contributed by atoms with Crippen molar-refractivity contribution < 1.29 is 19.1 Å². The molecule has 4 nitrogen and oxygen atoms in total. The summed E-state index contributed by atoms with van der Waals surface area (Å²) in [6, 6.07) is 9.06. The summed E-state index contributed by atoms with van der Waals surface area (Å²) >= 11 is 0. The summed E-state index contributed by atoms with van der Waals surface area (Å²) in [5.74, 6) is -0.997. The van der Waals surface area contributed by atoms with Crippen molar-refractivity contribution in [3.63, 3.8) is 0 Å². The molecule has 0 saturated carbocycles. The molecule has 1 N–H and O–H groups in total. The first-order chi connectivity index (χ1) is 10.0. The molecular weight excluding hydrogens is 273 g/mol. The second-order valence-electron chi connectivity index (χ2n) is 4.60. The summed E-state index contributed by atoms with van der Waals surface area (Å²) in [4.78, 5) is 12.0. The molecule has 0 unspecified atom stereocenters. The number of rotatable bonds is 3. The average molecular weight is 287 g/mol. The SMILES string of the molecule is Cc1cc(/C=N/O)cc(C)c1OC(=O)c1ccccc1F. The van der Waals surface area contributed by atoms with E-state index < -0.39 is 11.8 Å². The molecule has 0 aliphatic carbocycles. The molecule has 0 amide bonds. The quantitative estimate of drug-likeness (QED) is 0.309. The molecule has 0 heterocycles. The van der Waals surface area contributed by atoms with E-state index in [1.807, 2.05) is 0 Å². The molecule has 0 aliphatic heterocycles. The fraction of sp³-hybridized carbons (Fsp3) is 0.125. The van der Waals surface area contributed by atoms with Crippen molar-refractivity contribution in [3.8, 4) is 5.75 Å². The van der Waals surface area contributed by atoms with Crippen molar-refractivity contribution in [1.82, 2.24) is 0 Å². The van der Waals surface area contributed by atoms with Gasteiger partial charge >= 0.3 is 5.97 Å². The maximum absolute atomic E-state index is 13.6. The number of hydrogen-bond acceptors (Lipinski definition) is 4. The Morgan fingerprint density at radius 3 is 2.43 bits per heavy atom. The summed E-state index contributed by atoms with van der Waals surface area (Å²) in [6.45, 7) is 3.51. The van der Waals surface area contributed by atoms with Crippen LogP contribution in [0.3, 0.4) is 0 Å². The third kappa shape index (κ3) is 3.25. The van der Waals surface area contributed by atoms with Gasteiger partial charge in [0, 0.05) is 0 Å². The lowest BCUT2D eigenvalue weighted by Gasteiger charge is -2.11. The second kappa shape index (κ2) is 6.17. The number of ether oxygens (including phenoxy) is 1. The Balaban J connectivity index is 2.32. The van der Waals surface area contributed by atoms with Crippen molar-refractivity contribution >= 4 is 12.2 Å². The molecule has 0 atom stereocenters. The van der Waals surface area contributed by atoms with E-state index in [0.717, 1.165) is 0 Å². The van der Waals surface area contributed by atoms with Crippen LogP contribution in [0.5, 0.6) is 5.75 Å². The van der Waals surface area contributed by atoms with Crippen LogP contribution in [0.2, 0.25) is 0 Å². The predicted molar refractivity (Wildman–Crippen MR) is 76.7 cm³/mol. The molecule has 2 rings (SSSR count). The van der Waals surface area contributed by atoms with Gasteiger partial charge in [-0.1, -0.05) is 17.3 Å². The summed E-state index contributed by atoms with van der Waals surface area (Å²) in [5, 5.41) is 11.5. The van der Waals surface area contributed by atoms with Crippen LogP contribution >= 0.6 is 0 Å². The van der Waals surface area contributed by atoms with Crippen molar-refractivity contribution in [1.29, 1.82) is 0 Å². The van der Waals surface area contributed by atoms with Gasteiger partial charge in [0.25, 0.3) is 0 Å². The maximum atomic E-state index is 13.6. The van der Waals surface area contributed by atoms with Crippen molar-refractivity contribution in [2.45, 2.75) is 13.8 Å². The van der Waals surface area contributed by atoms with Crippen LogP contribution in [0.25, 0.3) is 0 Å². The average Bonchev–Trinajstić information content (AvgIpc) is 2.43. The number of carbonyl (C=O) groups excluding carboxylic acids is 1. The molecule has 0 aromatic heterocycles. The zero-order valence-electron chi connectivity index (χ0n) is 11.6. The Kier molecular flexibility index (Phi) is 4.33. The summed E-state index contributed by atoms with van der Waals surface area (Å²) < 4.78 is 18.9. The van der Waals surface area contributed by atoms with Crippen LogP contribution < -0.4 is 4.74 Å². The molecule has 2 aromatic rings. The zero-order valence-corrected chi connectivity index (χ0v) is 11.6. The number of oxime groups is 1. The Morgan fingerprint density at radius 2 is 1.86 bits per heavy atom. The number of carbonyl (C=O) groups is 1. The minimum absolute atomic E-state index is 0.114. The van der Waals surface area contributed by atoms with Crippen LogP contribution in [-0.2, 0) is 0 Å². The molecule has 0 spiro atoms. The third-order valence-electron chi connectivity index (χ3n) is 2.98. The first-order valence-electron chi connectivity index (χ1n) is 6.28. The lowest BCUT2D eigenvalue weighted by Crippen LogP contribution is -2.12. The highest BCUT2D eigenvalue weighted by Gasteiger charge is 2.16. The standard InChI is InChI=1S/C16H14FNO3/c1-10-7-12(9-18-20)8-11(2)15(10)21-16(19)13-5-3-4-6-14(13)17/h3-9,20H,1-2H3/b18-9+. The largest absolute Gasteiger partial charge is 0.422 e. The molecule has 108 valence electrons. The van der Waals surface area contributed by atoms with E-state index in [-0.39, 0.29) is 5.56 Å². The third-order valence-corrected chi connectivity index (χ3v) is 2.98. The predicted octanol–water partition coefficient (Wildman–Crippen LogP) is 3.47. The molecule has 0 bridgehead atoms. The Labute approximate surface area is 121 Å². The van der Waals surface area contributed by atoms with Crippen molar-refractivity contribution in [3.05, 3.63) is 64.5 Å². The molecule has 0 saturated heterocycles. The van der Waals surface area contributed by atoms with Gasteiger partial charge in [-0.25, -0.2) is 9.18 Å². The molecule has 0 aliphatic rings. The fourth-order valence-electron chi connectivity index (χ4n) is 2.06. The van der Waals surface area contributed by atoms with E-state index >= 15 is 0 Å². The van der Waals surface area contributed by atoms with E-state index in [1.54, 1.807) is 32.0 Å². The molecular formula is C16H14FNO3. The van der Waals surface area contributed by atoms with E-state index in [0.29, 0.717) is 22.4 Å². The van der Waals surface area contributed by atoms with Crippen molar-refractivity contribution in [2.24, 2.45) is 5.16 Å². The summed E-state index contributed by atoms with van der Waals surface area (Å²) in [5.41, 5.74) is 1.94. The molecule has 0 radical (unpaired) electrons. The van der Waals surface area contributed by atoms with Crippen LogP contribution in [0.1, 0.15) is 27.0 Å². The molecule has 0 fully saturated rings. The van der Waals surface area contributed by atoms with Gasteiger partial charge in [-0.05, 0) is 54.8 Å². The topological polar surface area (TPSA) is 58.9 Å². The molecule has 21 heavy (non-hydrogen) atoms. The zero-order chi connectivity index (χ0) is 15.4. The summed E-state index contributed by atoms with van der Waals surface area (Å²) in [7, 11) is 0. The van der Waals surface area contributed by atoms with Gasteiger partial charge in [-0.3, -0.25) is 0 Å². The van der Waals surface area contributed by atoms with Gasteiger partial charge < -0.3 is 9.94 Å². The van der Waals surface area contributed by atoms with Gasteiger partial charge in [-0.15, -0.1) is 0 Å². The first kappa shape index (κ1) is 14.7. The minimum Gasteiger partial charge on any atom is -0.422 e. The van der Waals surface area contributed by atoms with E-state index in [4.69, 9.17) is 9.94 Å². The Morgan fingerprint density at radius 1 is 1.24 bits per heavy atom. The number of halogens is 1. The highest BCUT2D eigenvalue weighted by Crippen LogP contribution is 2.25. The van der Waals surface area contributed by atoms with Gasteiger partial charge in [0.2, 0.25) is 0 Å². The number of aryl methyl sites for hydroxylation is 2. The number of esters is 1. The Hall–Kier alpha value is -2.69. The van der Waals surface area contributed by atoms with Gasteiger partial charge in [-0.2, -0.15) is 0 Å². The van der Waals surface area contributed by atoms with Gasteiger partial charge in [0.15, 0.2) is 0 Å². The normalized spacial score (nSPS) is 10.8. The molecule has 2 aromatic carbocycles. The Bertz CT molecular complexity index is 687. The van der Waals surface area contributed by atoms with Crippen molar-refractivity contribution in [2.75, 3.05) is 0 Å². The van der Waals surface area contributed by atoms with Crippen LogP contribution in [-0.4, -0.2) is 17.4 Å². The van der Waals surface area contributed by atoms with E-state index in [2.05, 4.69) is 5.16 Å². The smallest absolute Gasteiger partial charge is 0.346 e. The van der Waals surface area contributed by atoms with Crippen LogP contribution in [0, 0.1) is 19.7 Å². The maximum Gasteiger partial charge on any atom is 0.346 e. The first-order valence-corrected chi connectivity index (χ1v) is 6.28. The minimum atomic E-state index is -0.747. The molecule has 5 heteroatoms. The monoisotopic (exact) mass is 287 g/mol. The van der Waals surface area contributed by atoms with E-state index in [9.17, 15) is 9.18 Å². The van der Waals surface area contributed by atoms with Crippen LogP contribution in [0.15, 0.2) is 41.6 Å². The van der Waals surface area contributed by atoms with E-state index in [1.165, 1.54) is 24.4 Å². The summed E-state index contributed by atoms with van der Waals surface area (Å²) in [6.07, 6.45) is 1.28. The number of nitrogens with zero attached hydrogens (tertiary/aromatic N) is 1.